The summed E-state index contributed by atoms with van der Waals surface area (Å²) in [6, 6.07) is 9.43. The Morgan fingerprint density at radius 3 is 2.73 bits per heavy atom. The van der Waals surface area contributed by atoms with Gasteiger partial charge in [0, 0.05) is 12.1 Å². The number of hydrogen-bond donors (Lipinski definition) is 2. The summed E-state index contributed by atoms with van der Waals surface area (Å²) >= 11 is 1.33. The average molecular weight is 374 g/mol. The molecule has 1 saturated carbocycles. The van der Waals surface area contributed by atoms with Crippen LogP contribution in [0.2, 0.25) is 0 Å². The van der Waals surface area contributed by atoms with Crippen molar-refractivity contribution < 1.29 is 4.79 Å². The number of nitrogens with two attached hydrogens (primary N) is 1. The molecule has 0 saturated heterocycles. The van der Waals surface area contributed by atoms with Crippen LogP contribution in [0.1, 0.15) is 51.3 Å². The number of nitrogens with zero attached hydrogens (tertiary/aromatic N) is 3. The lowest BCUT2D eigenvalue weighted by molar-refractivity contribution is -0.115. The minimum absolute atomic E-state index is 0.0760. The summed E-state index contributed by atoms with van der Waals surface area (Å²) in [7, 11) is 0. The molecule has 0 bridgehead atoms. The van der Waals surface area contributed by atoms with Gasteiger partial charge in [0.25, 0.3) is 0 Å². The zero-order valence-corrected chi connectivity index (χ0v) is 16.0. The molecule has 1 aromatic heterocycles. The number of hydrogen-bond acceptors (Lipinski definition) is 5. The number of nitrogen functional groups attached to an aromatic ring is 1. The number of rotatable bonds is 7. The van der Waals surface area contributed by atoms with Gasteiger partial charge in [-0.15, -0.1) is 10.2 Å². The molecule has 6 nitrogen and oxygen atoms in total. The van der Waals surface area contributed by atoms with Gasteiger partial charge in [-0.2, -0.15) is 0 Å². The van der Waals surface area contributed by atoms with Crippen molar-refractivity contribution in [1.82, 2.24) is 14.9 Å². The van der Waals surface area contributed by atoms with Gasteiger partial charge in [-0.25, -0.2) is 4.68 Å². The molecule has 7 heteroatoms. The van der Waals surface area contributed by atoms with Crippen LogP contribution >= 0.6 is 11.8 Å². The van der Waals surface area contributed by atoms with E-state index in [-0.39, 0.29) is 11.2 Å². The quantitative estimate of drug-likeness (QED) is 0.572. The van der Waals surface area contributed by atoms with Gasteiger partial charge in [0.2, 0.25) is 11.1 Å². The average Bonchev–Trinajstić information content (AvgIpc) is 3.01. The number of nitrogens with one attached hydrogen (secondary N) is 1. The second kappa shape index (κ2) is 9.07. The van der Waals surface area contributed by atoms with E-state index in [9.17, 15) is 4.79 Å². The number of benzene rings is 1. The first-order valence-corrected chi connectivity index (χ1v) is 10.2. The minimum Gasteiger partial charge on any atom is -0.336 e. The van der Waals surface area contributed by atoms with Crippen LogP contribution in [0.5, 0.6) is 0 Å². The molecule has 0 spiro atoms. The Kier molecular flexibility index (Phi) is 6.55. The number of aryl methyl sites for hydroxylation is 1. The van der Waals surface area contributed by atoms with Crippen molar-refractivity contribution in [2.24, 2.45) is 5.92 Å². The number of amides is 1. The molecule has 0 unspecified atom stereocenters. The highest BCUT2D eigenvalue weighted by molar-refractivity contribution is 8.00. The smallest absolute Gasteiger partial charge is 0.237 e. The predicted octanol–water partition coefficient (Wildman–Crippen LogP) is 3.62. The van der Waals surface area contributed by atoms with Crippen LogP contribution in [0, 0.1) is 5.92 Å². The lowest BCUT2D eigenvalue weighted by atomic mass is 9.86. The zero-order chi connectivity index (χ0) is 18.4. The Morgan fingerprint density at radius 2 is 2.00 bits per heavy atom. The van der Waals surface area contributed by atoms with Gasteiger partial charge < -0.3 is 11.2 Å². The van der Waals surface area contributed by atoms with E-state index in [4.69, 9.17) is 5.84 Å². The predicted molar refractivity (Wildman–Crippen MR) is 105 cm³/mol. The fraction of sp³-hybridized carbons (Fsp3) is 0.526. The van der Waals surface area contributed by atoms with Gasteiger partial charge in [-0.05, 0) is 31.4 Å². The topological polar surface area (TPSA) is 85.8 Å². The van der Waals surface area contributed by atoms with Crippen molar-refractivity contribution >= 4 is 23.4 Å². The lowest BCUT2D eigenvalue weighted by Gasteiger charge is -2.20. The molecule has 2 aromatic rings. The van der Waals surface area contributed by atoms with Crippen molar-refractivity contribution in [3.05, 3.63) is 36.2 Å². The number of thioether (sulfide) groups is 1. The maximum Gasteiger partial charge on any atom is 0.237 e. The lowest BCUT2D eigenvalue weighted by Crippen LogP contribution is -2.24. The van der Waals surface area contributed by atoms with Crippen molar-refractivity contribution in [1.29, 1.82) is 0 Å². The van der Waals surface area contributed by atoms with Crippen LogP contribution in [0.15, 0.2) is 35.5 Å². The standard InChI is InChI=1S/C19H27N5OS/c1-14(18(25)21-16-10-6-3-7-11-16)26-19-23-22-17(24(19)20)13-12-15-8-4-2-5-9-15/h3,6-7,10-11,14-15H,2,4-5,8-9,12-13,20H2,1H3,(H,21,25)/t14-/m0/s1. The van der Waals surface area contributed by atoms with Crippen molar-refractivity contribution in [3.8, 4) is 0 Å². The highest BCUT2D eigenvalue weighted by Crippen LogP contribution is 2.28. The molecule has 0 radical (unpaired) electrons. The van der Waals surface area contributed by atoms with Crippen LogP contribution in [-0.4, -0.2) is 26.0 Å². The van der Waals surface area contributed by atoms with Gasteiger partial charge in [-0.1, -0.05) is 62.1 Å². The van der Waals surface area contributed by atoms with E-state index < -0.39 is 0 Å². The first kappa shape index (κ1) is 18.8. The van der Waals surface area contributed by atoms with Crippen LogP contribution in [0.4, 0.5) is 5.69 Å². The third kappa shape index (κ3) is 5.00. The molecule has 140 valence electrons. The van der Waals surface area contributed by atoms with E-state index in [1.54, 1.807) is 4.68 Å². The number of carbonyl (C=O) groups is 1. The Bertz CT molecular complexity index is 712. The molecule has 1 fully saturated rings. The Morgan fingerprint density at radius 1 is 1.27 bits per heavy atom. The molecule has 1 atom stereocenters. The third-order valence-electron chi connectivity index (χ3n) is 4.93. The second-order valence-corrected chi connectivity index (χ2v) is 8.23. The van der Waals surface area contributed by atoms with E-state index >= 15 is 0 Å². The molecule has 3 rings (SSSR count). The van der Waals surface area contributed by atoms with Crippen molar-refractivity contribution in [3.63, 3.8) is 0 Å². The monoisotopic (exact) mass is 373 g/mol. The summed E-state index contributed by atoms with van der Waals surface area (Å²) in [5, 5.41) is 11.6. The summed E-state index contributed by atoms with van der Waals surface area (Å²) in [5.74, 6) is 7.67. The van der Waals surface area contributed by atoms with E-state index in [2.05, 4.69) is 15.5 Å². The molecule has 1 aromatic carbocycles. The molecule has 1 amide bonds. The van der Waals surface area contributed by atoms with Gasteiger partial charge in [-0.3, -0.25) is 4.79 Å². The second-order valence-electron chi connectivity index (χ2n) is 6.93. The Labute approximate surface area is 158 Å². The van der Waals surface area contributed by atoms with E-state index in [1.165, 1.54) is 43.9 Å². The van der Waals surface area contributed by atoms with Gasteiger partial charge in [0.1, 0.15) is 0 Å². The Hall–Kier alpha value is -2.02. The summed E-state index contributed by atoms with van der Waals surface area (Å²) in [5.41, 5.74) is 0.785. The van der Waals surface area contributed by atoms with Crippen LogP contribution in [0.3, 0.4) is 0 Å². The first-order chi connectivity index (χ1) is 12.6. The molecule has 1 heterocycles. The van der Waals surface area contributed by atoms with E-state index in [0.717, 1.165) is 30.3 Å². The maximum atomic E-state index is 12.3. The largest absolute Gasteiger partial charge is 0.336 e. The van der Waals surface area contributed by atoms with E-state index in [0.29, 0.717) is 5.16 Å². The molecule has 1 aliphatic carbocycles. The van der Waals surface area contributed by atoms with Gasteiger partial charge in [0.15, 0.2) is 5.82 Å². The number of anilines is 1. The highest BCUT2D eigenvalue weighted by Gasteiger charge is 2.20. The fourth-order valence-electron chi connectivity index (χ4n) is 3.34. The molecular weight excluding hydrogens is 346 g/mol. The molecular formula is C19H27N5OS. The fourth-order valence-corrected chi connectivity index (χ4v) is 4.13. The molecule has 0 aliphatic heterocycles. The van der Waals surface area contributed by atoms with Crippen LogP contribution < -0.4 is 11.2 Å². The third-order valence-corrected chi connectivity index (χ3v) is 5.99. The van der Waals surface area contributed by atoms with Crippen LogP contribution in [-0.2, 0) is 11.2 Å². The highest BCUT2D eigenvalue weighted by atomic mass is 32.2. The zero-order valence-electron chi connectivity index (χ0n) is 15.2. The number of para-hydroxylation sites is 1. The number of carbonyl (C=O) groups excluding carboxylic acids is 1. The van der Waals surface area contributed by atoms with Crippen molar-refractivity contribution in [2.45, 2.75) is 62.3 Å². The SMILES string of the molecule is C[C@H](Sc1nnc(CCC2CCCCC2)n1N)C(=O)Nc1ccccc1. The number of aromatic nitrogens is 3. The molecule has 1 aliphatic rings. The van der Waals surface area contributed by atoms with Gasteiger partial charge >= 0.3 is 0 Å². The summed E-state index contributed by atoms with van der Waals surface area (Å²) in [6.45, 7) is 1.85. The summed E-state index contributed by atoms with van der Waals surface area (Å²) in [4.78, 5) is 12.3. The van der Waals surface area contributed by atoms with E-state index in [1.807, 2.05) is 37.3 Å². The van der Waals surface area contributed by atoms with Gasteiger partial charge in [0.05, 0.1) is 5.25 Å². The first-order valence-electron chi connectivity index (χ1n) is 9.35. The normalized spacial score (nSPS) is 16.3. The summed E-state index contributed by atoms with van der Waals surface area (Å²) < 4.78 is 1.54. The minimum atomic E-state index is -0.312. The van der Waals surface area contributed by atoms with Crippen molar-refractivity contribution in [2.75, 3.05) is 11.2 Å². The molecule has 26 heavy (non-hydrogen) atoms. The Balaban J connectivity index is 1.52. The summed E-state index contributed by atoms with van der Waals surface area (Å²) in [6.07, 6.45) is 8.65. The molecule has 3 N–H and O–H groups in total. The van der Waals surface area contributed by atoms with Crippen LogP contribution in [0.25, 0.3) is 0 Å². The maximum absolute atomic E-state index is 12.3.